The number of hydrogen-bond donors (Lipinski definition) is 2. The number of rotatable bonds is 8. The van der Waals surface area contributed by atoms with Crippen LogP contribution in [0.1, 0.15) is 55.7 Å². The van der Waals surface area contributed by atoms with Crippen molar-refractivity contribution in [2.75, 3.05) is 6.54 Å². The van der Waals surface area contributed by atoms with Crippen LogP contribution in [-0.2, 0) is 16.6 Å². The van der Waals surface area contributed by atoms with Crippen molar-refractivity contribution in [2.24, 2.45) is 11.1 Å². The first-order valence-corrected chi connectivity index (χ1v) is 12.4. The van der Waals surface area contributed by atoms with Gasteiger partial charge in [0.05, 0.1) is 11.4 Å². The Balaban J connectivity index is 1.66. The number of halogens is 1. The van der Waals surface area contributed by atoms with Gasteiger partial charge in [0.15, 0.2) is 5.82 Å². The molecule has 0 spiro atoms. The van der Waals surface area contributed by atoms with Gasteiger partial charge >= 0.3 is 0 Å². The smallest absolute Gasteiger partial charge is 0.238 e. The summed E-state index contributed by atoms with van der Waals surface area (Å²) in [5, 5.41) is 13.1. The Hall–Kier alpha value is -2.62. The van der Waals surface area contributed by atoms with Gasteiger partial charge in [-0.1, -0.05) is 50.1 Å². The predicted molar refractivity (Wildman–Crippen MR) is 120 cm³/mol. The summed E-state index contributed by atoms with van der Waals surface area (Å²) in [7, 11) is -4.00. The Kier molecular flexibility index (Phi) is 6.68. The third-order valence-corrected chi connectivity index (χ3v) is 6.94. The lowest BCUT2D eigenvalue weighted by Crippen LogP contribution is -2.21. The van der Waals surface area contributed by atoms with Crippen LogP contribution in [0, 0.1) is 11.7 Å². The summed E-state index contributed by atoms with van der Waals surface area (Å²) in [6, 6.07) is 13.4. The van der Waals surface area contributed by atoms with Gasteiger partial charge in [-0.15, -0.1) is 5.10 Å². The average molecular weight is 458 g/mol. The number of aromatic nitrogens is 3. The van der Waals surface area contributed by atoms with E-state index in [0.29, 0.717) is 24.1 Å². The molecule has 0 aliphatic heterocycles. The van der Waals surface area contributed by atoms with Crippen LogP contribution in [0.5, 0.6) is 0 Å². The maximum atomic E-state index is 15.0. The van der Waals surface area contributed by atoms with Crippen LogP contribution in [0.15, 0.2) is 53.4 Å². The van der Waals surface area contributed by atoms with Crippen LogP contribution in [-0.4, -0.2) is 29.7 Å². The van der Waals surface area contributed by atoms with Crippen LogP contribution in [0.2, 0.25) is 0 Å². The lowest BCUT2D eigenvalue weighted by molar-refractivity contribution is 0.484. The molecule has 1 atom stereocenters. The van der Waals surface area contributed by atoms with E-state index in [0.717, 1.165) is 18.2 Å². The molecule has 1 aliphatic carbocycles. The summed E-state index contributed by atoms with van der Waals surface area (Å²) in [4.78, 5) is 4.44. The molecule has 1 heterocycles. The number of nitrogens with one attached hydrogen (secondary N) is 1. The SMILES string of the molecule is C[C@@H](c1ccccc1)c1nc(CNCC2CCCC2)nn1-c1ccc(S(N)(=O)=O)cc1F. The highest BCUT2D eigenvalue weighted by Gasteiger charge is 2.22. The van der Waals surface area contributed by atoms with Crippen LogP contribution < -0.4 is 10.5 Å². The molecule has 9 heteroatoms. The summed E-state index contributed by atoms with van der Waals surface area (Å²) in [5.41, 5.74) is 1.15. The van der Waals surface area contributed by atoms with E-state index in [9.17, 15) is 12.8 Å². The van der Waals surface area contributed by atoms with Gasteiger partial charge in [0.2, 0.25) is 10.0 Å². The fourth-order valence-corrected chi connectivity index (χ4v) is 4.76. The number of primary sulfonamides is 1. The molecule has 170 valence electrons. The van der Waals surface area contributed by atoms with Crippen molar-refractivity contribution in [1.82, 2.24) is 20.1 Å². The third kappa shape index (κ3) is 5.06. The van der Waals surface area contributed by atoms with Gasteiger partial charge in [-0.2, -0.15) is 0 Å². The zero-order valence-corrected chi connectivity index (χ0v) is 18.9. The van der Waals surface area contributed by atoms with Crippen molar-refractivity contribution in [3.63, 3.8) is 0 Å². The van der Waals surface area contributed by atoms with E-state index >= 15 is 0 Å². The topological polar surface area (TPSA) is 103 Å². The molecule has 2 aromatic carbocycles. The van der Waals surface area contributed by atoms with Gasteiger partial charge in [0.1, 0.15) is 17.3 Å². The fourth-order valence-electron chi connectivity index (χ4n) is 4.23. The Morgan fingerprint density at radius 1 is 1.19 bits per heavy atom. The molecule has 3 N–H and O–H groups in total. The van der Waals surface area contributed by atoms with Gasteiger partial charge in [0, 0.05) is 5.92 Å². The Bertz CT molecular complexity index is 1170. The van der Waals surface area contributed by atoms with E-state index in [1.54, 1.807) is 0 Å². The molecule has 1 aliphatic rings. The minimum absolute atomic E-state index is 0.129. The van der Waals surface area contributed by atoms with E-state index in [-0.39, 0.29) is 16.5 Å². The van der Waals surface area contributed by atoms with E-state index < -0.39 is 15.8 Å². The van der Waals surface area contributed by atoms with Crippen LogP contribution in [0.4, 0.5) is 4.39 Å². The Morgan fingerprint density at radius 3 is 2.56 bits per heavy atom. The molecular weight excluding hydrogens is 429 g/mol. The molecule has 0 bridgehead atoms. The van der Waals surface area contributed by atoms with Gasteiger partial charge in [-0.25, -0.2) is 27.6 Å². The number of nitrogens with two attached hydrogens (primary N) is 1. The monoisotopic (exact) mass is 457 g/mol. The normalized spacial score (nSPS) is 15.8. The van der Waals surface area contributed by atoms with Crippen LogP contribution >= 0.6 is 0 Å². The Morgan fingerprint density at radius 2 is 1.91 bits per heavy atom. The van der Waals surface area contributed by atoms with Crippen molar-refractivity contribution in [2.45, 2.75) is 50.0 Å². The highest BCUT2D eigenvalue weighted by Crippen LogP contribution is 2.27. The zero-order chi connectivity index (χ0) is 22.7. The summed E-state index contributed by atoms with van der Waals surface area (Å²) < 4.78 is 39.6. The molecule has 7 nitrogen and oxygen atoms in total. The first kappa shape index (κ1) is 22.6. The molecule has 0 saturated heterocycles. The molecular formula is C23H28FN5O2S. The second-order valence-corrected chi connectivity index (χ2v) is 9.93. The zero-order valence-electron chi connectivity index (χ0n) is 18.0. The number of nitrogens with zero attached hydrogens (tertiary/aromatic N) is 3. The summed E-state index contributed by atoms with van der Waals surface area (Å²) in [6.07, 6.45) is 5.05. The molecule has 32 heavy (non-hydrogen) atoms. The van der Waals surface area contributed by atoms with Crippen molar-refractivity contribution in [3.8, 4) is 5.69 Å². The van der Waals surface area contributed by atoms with E-state index in [4.69, 9.17) is 10.1 Å². The van der Waals surface area contributed by atoms with Gasteiger partial charge in [0.25, 0.3) is 0 Å². The fraction of sp³-hybridized carbons (Fsp3) is 0.391. The second kappa shape index (κ2) is 9.48. The predicted octanol–water partition coefficient (Wildman–Crippen LogP) is 3.49. The third-order valence-electron chi connectivity index (χ3n) is 6.03. The Labute approximate surface area is 187 Å². The lowest BCUT2D eigenvalue weighted by atomic mass is 10.0. The number of benzene rings is 2. The van der Waals surface area contributed by atoms with Crippen molar-refractivity contribution >= 4 is 10.0 Å². The van der Waals surface area contributed by atoms with Crippen molar-refractivity contribution in [3.05, 3.63) is 71.6 Å². The number of hydrogen-bond acceptors (Lipinski definition) is 5. The quantitative estimate of drug-likeness (QED) is 0.539. The highest BCUT2D eigenvalue weighted by molar-refractivity contribution is 7.89. The largest absolute Gasteiger partial charge is 0.310 e. The molecule has 1 aromatic heterocycles. The van der Waals surface area contributed by atoms with Crippen molar-refractivity contribution in [1.29, 1.82) is 0 Å². The molecule has 3 aromatic rings. The molecule has 0 unspecified atom stereocenters. The first-order valence-electron chi connectivity index (χ1n) is 10.9. The molecule has 0 radical (unpaired) electrons. The van der Waals surface area contributed by atoms with Gasteiger partial charge in [-0.3, -0.25) is 0 Å². The summed E-state index contributed by atoms with van der Waals surface area (Å²) in [6.45, 7) is 3.38. The van der Waals surface area contributed by atoms with Crippen LogP contribution in [0.25, 0.3) is 5.69 Å². The molecule has 1 saturated carbocycles. The van der Waals surface area contributed by atoms with Gasteiger partial charge in [-0.05, 0) is 49.1 Å². The second-order valence-electron chi connectivity index (χ2n) is 8.37. The standard InChI is InChI=1S/C23H28FN5O2S/c1-16(18-9-3-2-4-10-18)23-27-22(15-26-14-17-7-5-6-8-17)28-29(23)21-12-11-19(13-20(21)24)32(25,30)31/h2-4,9-13,16-17,26H,5-8,14-15H2,1H3,(H2,25,30,31)/t16-/m0/s1. The van der Waals surface area contributed by atoms with E-state index in [2.05, 4.69) is 10.4 Å². The van der Waals surface area contributed by atoms with Crippen LogP contribution in [0.3, 0.4) is 0 Å². The van der Waals surface area contributed by atoms with Crippen molar-refractivity contribution < 1.29 is 12.8 Å². The lowest BCUT2D eigenvalue weighted by Gasteiger charge is -2.14. The highest BCUT2D eigenvalue weighted by atomic mass is 32.2. The minimum Gasteiger partial charge on any atom is -0.310 e. The maximum Gasteiger partial charge on any atom is 0.238 e. The molecule has 1 fully saturated rings. The van der Waals surface area contributed by atoms with E-state index in [1.807, 2.05) is 37.3 Å². The number of sulfonamides is 1. The van der Waals surface area contributed by atoms with E-state index in [1.165, 1.54) is 42.5 Å². The summed E-state index contributed by atoms with van der Waals surface area (Å²) >= 11 is 0. The molecule has 4 rings (SSSR count). The van der Waals surface area contributed by atoms with Gasteiger partial charge < -0.3 is 5.32 Å². The maximum absolute atomic E-state index is 15.0. The summed E-state index contributed by atoms with van der Waals surface area (Å²) in [5.74, 6) is 0.952. The minimum atomic E-state index is -4.00. The first-order chi connectivity index (χ1) is 15.3. The molecule has 0 amide bonds. The average Bonchev–Trinajstić information content (AvgIpc) is 3.43.